The van der Waals surface area contributed by atoms with E-state index in [9.17, 15) is 24.0 Å². The Hall–Kier alpha value is -6.63. The molecule has 20 nitrogen and oxygen atoms in total. The van der Waals surface area contributed by atoms with Gasteiger partial charge in [-0.15, -0.1) is 0 Å². The van der Waals surface area contributed by atoms with Crippen molar-refractivity contribution in [1.82, 2.24) is 16.0 Å². The van der Waals surface area contributed by atoms with Gasteiger partial charge in [-0.3, -0.25) is 19.2 Å². The average Bonchev–Trinajstić information content (AvgIpc) is 3.40. The predicted molar refractivity (Wildman–Crippen MR) is 284 cm³/mol. The van der Waals surface area contributed by atoms with Crippen molar-refractivity contribution in [3.63, 3.8) is 0 Å². The summed E-state index contributed by atoms with van der Waals surface area (Å²) in [5, 5.41) is 98.8. The minimum Gasteiger partial charge on any atom is -0.465 e. The molecule has 0 unspecified atom stereocenters. The van der Waals surface area contributed by atoms with Crippen molar-refractivity contribution < 1.29 is 78.9 Å². The molecule has 0 heterocycles. The Balaban J connectivity index is 0.000000459. The molecule has 25 heteroatoms. The van der Waals surface area contributed by atoms with Gasteiger partial charge in [0.2, 0.25) is 5.91 Å². The molecule has 0 atom stereocenters. The molecule has 0 radical (unpaired) electrons. The lowest BCUT2D eigenvalue weighted by Gasteiger charge is -2.06. The van der Waals surface area contributed by atoms with Gasteiger partial charge in [0, 0.05) is 49.4 Å². The van der Waals surface area contributed by atoms with Crippen molar-refractivity contribution in [2.24, 2.45) is 0 Å². The van der Waals surface area contributed by atoms with Crippen LogP contribution < -0.4 is 48.6 Å². The van der Waals surface area contributed by atoms with Crippen molar-refractivity contribution in [2.75, 3.05) is 33.1 Å². The van der Waals surface area contributed by atoms with Gasteiger partial charge in [-0.1, -0.05) is 100 Å². The fourth-order valence-corrected chi connectivity index (χ4v) is 5.83. The van der Waals surface area contributed by atoms with E-state index in [2.05, 4.69) is 39.9 Å². The van der Waals surface area contributed by atoms with Crippen LogP contribution >= 0.6 is 0 Å². The molecule has 0 aliphatic heterocycles. The highest BCUT2D eigenvalue weighted by molar-refractivity contribution is 6.60. The van der Waals surface area contributed by atoms with E-state index in [0.717, 1.165) is 38.5 Å². The van der Waals surface area contributed by atoms with Crippen LogP contribution in [0, 0.1) is 0 Å². The van der Waals surface area contributed by atoms with Gasteiger partial charge in [0.25, 0.3) is 17.7 Å². The van der Waals surface area contributed by atoms with Crippen LogP contribution in [0.25, 0.3) is 0 Å². The fourth-order valence-electron chi connectivity index (χ4n) is 5.83. The lowest BCUT2D eigenvalue weighted by Crippen LogP contribution is -2.31. The standard InChI is InChI=1S/2C12H18BNO3.2C8H10BNO3.C8H9BO4/c1-2-3-4-9-14-12(15)10-5-7-11(8-6-10)13(16)17;1-2-3-4-5-12(15)14-11-8-6-10(7-9-11)13(16)17;1-10-8(11)6-2-4-7(5-3-6)9(12)13;1-10-8(11)6-3-2-4-7(5-6)9(12)13;1-13-8(10)6-2-4-7(5-3-6)9(11)12/h5-8,16-17H,2-4,9H2,1H3,(H,14,15);6-9,16-17H,2-5H2,1H3,(H,14,15);2*2-5,12-13H,1H3,(H,10,11);2-5,11-12H,1H3. The maximum atomic E-state index is 11.7. The highest BCUT2D eigenvalue weighted by Crippen LogP contribution is 2.07. The summed E-state index contributed by atoms with van der Waals surface area (Å²) >= 11 is 0. The molecule has 0 saturated heterocycles. The number of nitrogens with one attached hydrogen (secondary N) is 4. The lowest BCUT2D eigenvalue weighted by molar-refractivity contribution is -0.116. The molecule has 4 amide bonds. The average molecular weight is 1010 g/mol. The van der Waals surface area contributed by atoms with Crippen LogP contribution in [0.1, 0.15) is 100 Å². The van der Waals surface area contributed by atoms with Gasteiger partial charge in [-0.05, 0) is 101 Å². The second kappa shape index (κ2) is 36.3. The molecule has 0 fully saturated rings. The van der Waals surface area contributed by atoms with Gasteiger partial charge < -0.3 is 76.2 Å². The first kappa shape index (κ1) is 64.4. The van der Waals surface area contributed by atoms with Crippen LogP contribution in [0.15, 0.2) is 121 Å². The molecular formula is C48H65B5N4O16. The van der Waals surface area contributed by atoms with Crippen molar-refractivity contribution in [3.8, 4) is 0 Å². The monoisotopic (exact) mass is 1010 g/mol. The Kier molecular flexibility index (Phi) is 32.0. The summed E-state index contributed by atoms with van der Waals surface area (Å²) in [7, 11) is -3.14. The lowest BCUT2D eigenvalue weighted by atomic mass is 9.79. The molecule has 0 aromatic heterocycles. The van der Waals surface area contributed by atoms with E-state index in [0.29, 0.717) is 68.2 Å². The number of anilines is 1. The number of methoxy groups -OCH3 is 1. The molecule has 73 heavy (non-hydrogen) atoms. The van der Waals surface area contributed by atoms with Crippen LogP contribution in [0.4, 0.5) is 5.69 Å². The Morgan fingerprint density at radius 2 is 0.836 bits per heavy atom. The normalized spacial score (nSPS) is 9.74. The molecule has 5 rings (SSSR count). The summed E-state index contributed by atoms with van der Waals surface area (Å²) in [6.07, 6.45) is 6.79. The largest absolute Gasteiger partial charge is 0.488 e. The number of rotatable bonds is 18. The van der Waals surface area contributed by atoms with Crippen LogP contribution in [-0.2, 0) is 9.53 Å². The van der Waals surface area contributed by atoms with Gasteiger partial charge in [0.05, 0.1) is 12.7 Å². The van der Waals surface area contributed by atoms with E-state index in [1.165, 1.54) is 94.0 Å². The van der Waals surface area contributed by atoms with E-state index in [-0.39, 0.29) is 23.6 Å². The zero-order chi connectivity index (χ0) is 54.9. The number of hydrogen-bond acceptors (Lipinski definition) is 16. The third-order valence-electron chi connectivity index (χ3n) is 10.0. The zero-order valence-electron chi connectivity index (χ0n) is 41.5. The summed E-state index contributed by atoms with van der Waals surface area (Å²) in [4.78, 5) is 56.3. The van der Waals surface area contributed by atoms with Gasteiger partial charge in [0.15, 0.2) is 0 Å². The van der Waals surface area contributed by atoms with Gasteiger partial charge >= 0.3 is 41.6 Å². The first-order valence-electron chi connectivity index (χ1n) is 23.1. The van der Waals surface area contributed by atoms with Crippen molar-refractivity contribution in [2.45, 2.75) is 58.8 Å². The van der Waals surface area contributed by atoms with E-state index in [4.69, 9.17) is 50.2 Å². The first-order chi connectivity index (χ1) is 34.7. The number of unbranched alkanes of at least 4 members (excludes halogenated alkanes) is 4. The Bertz CT molecular complexity index is 2320. The summed E-state index contributed by atoms with van der Waals surface area (Å²) in [6.45, 7) is 4.88. The van der Waals surface area contributed by atoms with E-state index < -0.39 is 41.6 Å². The maximum Gasteiger partial charge on any atom is 0.488 e. The number of hydrogen-bond donors (Lipinski definition) is 14. The number of carbonyl (C=O) groups is 5. The van der Waals surface area contributed by atoms with Crippen LogP contribution in [0.2, 0.25) is 0 Å². The Morgan fingerprint density at radius 3 is 1.23 bits per heavy atom. The van der Waals surface area contributed by atoms with Gasteiger partial charge in [-0.2, -0.15) is 0 Å². The topological polar surface area (TPSA) is 345 Å². The molecule has 5 aromatic rings. The van der Waals surface area contributed by atoms with Crippen LogP contribution in [-0.4, -0.2) is 143 Å². The minimum absolute atomic E-state index is 0.00394. The van der Waals surface area contributed by atoms with E-state index in [1.807, 2.05) is 0 Å². The molecule has 14 N–H and O–H groups in total. The summed E-state index contributed by atoms with van der Waals surface area (Å²) in [6, 6.07) is 30.8. The predicted octanol–water partition coefficient (Wildman–Crippen LogP) is -2.22. The molecule has 0 spiro atoms. The highest BCUT2D eigenvalue weighted by atomic mass is 16.5. The number of ether oxygens (including phenoxy) is 1. The van der Waals surface area contributed by atoms with Crippen LogP contribution in [0.5, 0.6) is 0 Å². The molecule has 0 aliphatic rings. The molecule has 0 saturated carbocycles. The smallest absolute Gasteiger partial charge is 0.465 e. The second-order valence-electron chi connectivity index (χ2n) is 15.6. The summed E-state index contributed by atoms with van der Waals surface area (Å²) < 4.78 is 4.47. The second-order valence-corrected chi connectivity index (χ2v) is 15.6. The number of esters is 1. The van der Waals surface area contributed by atoms with Gasteiger partial charge in [-0.25, -0.2) is 4.79 Å². The van der Waals surface area contributed by atoms with E-state index in [1.54, 1.807) is 48.5 Å². The quantitative estimate of drug-likeness (QED) is 0.0251. The SMILES string of the molecule is CCCCCC(=O)Nc1ccc(B(O)O)cc1.CCCCCNC(=O)c1ccc(B(O)O)cc1.CNC(=O)c1ccc(B(O)O)cc1.CNC(=O)c1cccc(B(O)O)c1.COC(=O)c1ccc(B(O)O)cc1. The van der Waals surface area contributed by atoms with Crippen LogP contribution in [0.3, 0.4) is 0 Å². The van der Waals surface area contributed by atoms with Crippen molar-refractivity contribution in [1.29, 1.82) is 0 Å². The molecule has 0 aliphatic carbocycles. The van der Waals surface area contributed by atoms with E-state index >= 15 is 0 Å². The maximum absolute atomic E-state index is 11.7. The zero-order valence-corrected chi connectivity index (χ0v) is 41.5. The number of carbonyl (C=O) groups excluding carboxylic acids is 5. The Labute approximate surface area is 427 Å². The summed E-state index contributed by atoms with van der Waals surface area (Å²) in [5.41, 5.74) is 4.30. The number of amides is 4. The van der Waals surface area contributed by atoms with Crippen molar-refractivity contribution in [3.05, 3.63) is 144 Å². The first-order valence-corrected chi connectivity index (χ1v) is 23.1. The Morgan fingerprint density at radius 1 is 0.452 bits per heavy atom. The molecule has 5 aromatic carbocycles. The third kappa shape index (κ3) is 26.1. The highest BCUT2D eigenvalue weighted by Gasteiger charge is 2.15. The van der Waals surface area contributed by atoms with Crippen molar-refractivity contribution >= 4 is 98.2 Å². The number of benzene rings is 5. The molecule has 388 valence electrons. The third-order valence-corrected chi connectivity index (χ3v) is 10.0. The summed E-state index contributed by atoms with van der Waals surface area (Å²) in [5.74, 6) is -1.02. The fraction of sp³-hybridized carbons (Fsp3) is 0.271. The molecular weight excluding hydrogens is 943 g/mol. The molecule has 0 bridgehead atoms. The minimum atomic E-state index is -1.54. The van der Waals surface area contributed by atoms with Gasteiger partial charge in [0.1, 0.15) is 0 Å².